The summed E-state index contributed by atoms with van der Waals surface area (Å²) in [6.07, 6.45) is 0. The van der Waals surface area contributed by atoms with E-state index in [0.29, 0.717) is 17.2 Å². The second-order valence-electron chi connectivity index (χ2n) is 5.67. The summed E-state index contributed by atoms with van der Waals surface area (Å²) < 4.78 is 10.7. The van der Waals surface area contributed by atoms with Gasteiger partial charge < -0.3 is 9.47 Å². The van der Waals surface area contributed by atoms with Crippen LogP contribution in [0.1, 0.15) is 11.1 Å². The predicted octanol–water partition coefficient (Wildman–Crippen LogP) is 3.64. The van der Waals surface area contributed by atoms with E-state index in [1.807, 2.05) is 72.8 Å². The van der Waals surface area contributed by atoms with E-state index in [9.17, 15) is 4.79 Å². The highest BCUT2D eigenvalue weighted by Gasteiger charge is 2.09. The molecule has 0 aliphatic rings. The minimum absolute atomic E-state index is 0.166. The van der Waals surface area contributed by atoms with E-state index in [2.05, 4.69) is 10.5 Å². The van der Waals surface area contributed by atoms with Gasteiger partial charge in [0.25, 0.3) is 5.91 Å². The highest BCUT2D eigenvalue weighted by atomic mass is 16.5. The van der Waals surface area contributed by atoms with Gasteiger partial charge in [-0.1, -0.05) is 72.8 Å². The van der Waals surface area contributed by atoms with Gasteiger partial charge in [-0.3, -0.25) is 4.79 Å². The number of para-hydroxylation sites is 2. The first kappa shape index (κ1) is 18.2. The predicted molar refractivity (Wildman–Crippen MR) is 105 cm³/mol. The third kappa shape index (κ3) is 4.95. The van der Waals surface area contributed by atoms with Crippen LogP contribution in [0.2, 0.25) is 0 Å². The summed E-state index contributed by atoms with van der Waals surface area (Å²) in [5.74, 6) is 0.721. The summed E-state index contributed by atoms with van der Waals surface area (Å²) in [5.41, 5.74) is 5.08. The number of nitrogens with one attached hydrogen (secondary N) is 1. The van der Waals surface area contributed by atoms with Gasteiger partial charge in [-0.15, -0.1) is 0 Å². The maximum Gasteiger partial charge on any atom is 0.277 e. The van der Waals surface area contributed by atoms with Crippen LogP contribution >= 0.6 is 0 Å². The molecule has 0 radical (unpaired) electrons. The second-order valence-corrected chi connectivity index (χ2v) is 5.67. The Hall–Kier alpha value is -3.60. The minimum Gasteiger partial charge on any atom is -0.493 e. The van der Waals surface area contributed by atoms with Gasteiger partial charge in [0.15, 0.2) is 18.1 Å². The van der Waals surface area contributed by atoms with Crippen molar-refractivity contribution in [1.29, 1.82) is 0 Å². The number of benzene rings is 3. The number of amides is 1. The molecule has 1 amide bonds. The molecule has 3 rings (SSSR count). The van der Waals surface area contributed by atoms with Crippen LogP contribution in [0.15, 0.2) is 90.0 Å². The fraction of sp³-hybridized carbons (Fsp3) is 0.0909. The highest BCUT2D eigenvalue weighted by molar-refractivity contribution is 6.13. The van der Waals surface area contributed by atoms with E-state index in [-0.39, 0.29) is 12.5 Å². The first-order valence-corrected chi connectivity index (χ1v) is 8.51. The zero-order chi connectivity index (χ0) is 18.9. The van der Waals surface area contributed by atoms with Crippen LogP contribution in [0.3, 0.4) is 0 Å². The van der Waals surface area contributed by atoms with E-state index < -0.39 is 0 Å². The lowest BCUT2D eigenvalue weighted by Gasteiger charge is -2.10. The number of carbonyl (C=O) groups excluding carboxylic acids is 1. The lowest BCUT2D eigenvalue weighted by molar-refractivity contribution is -0.123. The van der Waals surface area contributed by atoms with Gasteiger partial charge >= 0.3 is 0 Å². The zero-order valence-electron chi connectivity index (χ0n) is 15.0. The number of carbonyl (C=O) groups is 1. The van der Waals surface area contributed by atoms with E-state index >= 15 is 0 Å². The number of hydrogen-bond donors (Lipinski definition) is 1. The van der Waals surface area contributed by atoms with E-state index in [1.165, 1.54) is 0 Å². The molecular weight excluding hydrogens is 340 g/mol. The van der Waals surface area contributed by atoms with Crippen molar-refractivity contribution in [2.75, 3.05) is 13.7 Å². The third-order valence-electron chi connectivity index (χ3n) is 3.81. The highest BCUT2D eigenvalue weighted by Crippen LogP contribution is 2.25. The quantitative estimate of drug-likeness (QED) is 0.517. The standard InChI is InChI=1S/C22H20N2O3/c1-26-19-14-8-9-15-20(19)27-16-21(25)23-24-22(17-10-4-2-5-11-17)18-12-6-3-7-13-18/h2-15H,16H2,1H3,(H,23,25). The molecule has 0 aromatic heterocycles. The molecule has 0 aliphatic heterocycles. The minimum atomic E-state index is -0.356. The second kappa shape index (κ2) is 9.20. The molecule has 136 valence electrons. The molecule has 5 heteroatoms. The van der Waals surface area contributed by atoms with Crippen molar-refractivity contribution in [3.63, 3.8) is 0 Å². The Balaban J connectivity index is 1.72. The van der Waals surface area contributed by atoms with Crippen molar-refractivity contribution < 1.29 is 14.3 Å². The number of nitrogens with zero attached hydrogens (tertiary/aromatic N) is 1. The summed E-state index contributed by atoms with van der Waals surface area (Å²) in [5, 5.41) is 4.32. The van der Waals surface area contributed by atoms with E-state index in [1.54, 1.807) is 19.2 Å². The van der Waals surface area contributed by atoms with Crippen molar-refractivity contribution in [3.8, 4) is 11.5 Å². The van der Waals surface area contributed by atoms with Crippen molar-refractivity contribution in [2.24, 2.45) is 5.10 Å². The molecule has 0 saturated carbocycles. The molecule has 0 bridgehead atoms. The van der Waals surface area contributed by atoms with Crippen LogP contribution in [0.5, 0.6) is 11.5 Å². The fourth-order valence-electron chi connectivity index (χ4n) is 2.52. The average Bonchev–Trinajstić information content (AvgIpc) is 2.74. The number of ether oxygens (including phenoxy) is 2. The molecular formula is C22H20N2O3. The Morgan fingerprint density at radius 1 is 0.815 bits per heavy atom. The van der Waals surface area contributed by atoms with Gasteiger partial charge in [0, 0.05) is 11.1 Å². The molecule has 0 unspecified atom stereocenters. The average molecular weight is 360 g/mol. The van der Waals surface area contributed by atoms with Gasteiger partial charge in [-0.25, -0.2) is 5.43 Å². The number of methoxy groups -OCH3 is 1. The van der Waals surface area contributed by atoms with Crippen LogP contribution in [-0.4, -0.2) is 25.3 Å². The molecule has 3 aromatic rings. The van der Waals surface area contributed by atoms with Crippen molar-refractivity contribution in [2.45, 2.75) is 0 Å². The Kier molecular flexibility index (Phi) is 6.20. The van der Waals surface area contributed by atoms with Gasteiger partial charge in [-0.05, 0) is 12.1 Å². The molecule has 0 saturated heterocycles. The Labute approximate surface area is 158 Å². The summed E-state index contributed by atoms with van der Waals surface area (Å²) in [6.45, 7) is -0.166. The van der Waals surface area contributed by atoms with Crippen molar-refractivity contribution in [3.05, 3.63) is 96.1 Å². The number of hydrazone groups is 1. The molecule has 1 N–H and O–H groups in total. The lowest BCUT2D eigenvalue weighted by atomic mass is 10.0. The fourth-order valence-corrected chi connectivity index (χ4v) is 2.52. The van der Waals surface area contributed by atoms with E-state index in [0.717, 1.165) is 11.1 Å². The van der Waals surface area contributed by atoms with Crippen molar-refractivity contribution >= 4 is 11.6 Å². The third-order valence-corrected chi connectivity index (χ3v) is 3.81. The Morgan fingerprint density at radius 2 is 1.33 bits per heavy atom. The molecule has 27 heavy (non-hydrogen) atoms. The molecule has 3 aromatic carbocycles. The van der Waals surface area contributed by atoms with Crippen LogP contribution in [0, 0.1) is 0 Å². The monoisotopic (exact) mass is 360 g/mol. The molecule has 0 atom stereocenters. The van der Waals surface area contributed by atoms with Gasteiger partial charge in [-0.2, -0.15) is 5.10 Å². The first-order chi connectivity index (χ1) is 13.3. The van der Waals surface area contributed by atoms with E-state index in [4.69, 9.17) is 9.47 Å². The summed E-state index contributed by atoms with van der Waals surface area (Å²) in [6, 6.07) is 26.6. The largest absolute Gasteiger partial charge is 0.493 e. The number of hydrogen-bond acceptors (Lipinski definition) is 4. The summed E-state index contributed by atoms with van der Waals surface area (Å²) in [7, 11) is 1.55. The molecule has 5 nitrogen and oxygen atoms in total. The molecule has 0 aliphatic carbocycles. The Bertz CT molecular complexity index is 868. The number of rotatable bonds is 7. The van der Waals surface area contributed by atoms with Crippen LogP contribution in [-0.2, 0) is 4.79 Å². The van der Waals surface area contributed by atoms with Gasteiger partial charge in [0.05, 0.1) is 12.8 Å². The smallest absolute Gasteiger partial charge is 0.277 e. The van der Waals surface area contributed by atoms with Crippen LogP contribution in [0.25, 0.3) is 0 Å². The molecule has 0 spiro atoms. The topological polar surface area (TPSA) is 59.9 Å². The summed E-state index contributed by atoms with van der Waals surface area (Å²) >= 11 is 0. The van der Waals surface area contributed by atoms with Gasteiger partial charge in [0.1, 0.15) is 0 Å². The maximum absolute atomic E-state index is 12.2. The SMILES string of the molecule is COc1ccccc1OCC(=O)NN=C(c1ccccc1)c1ccccc1. The van der Waals surface area contributed by atoms with Gasteiger partial charge in [0.2, 0.25) is 0 Å². The Morgan fingerprint density at radius 3 is 1.89 bits per heavy atom. The zero-order valence-corrected chi connectivity index (χ0v) is 15.0. The first-order valence-electron chi connectivity index (χ1n) is 8.51. The molecule has 0 fully saturated rings. The van der Waals surface area contributed by atoms with Crippen molar-refractivity contribution in [1.82, 2.24) is 5.43 Å². The molecule has 0 heterocycles. The van der Waals surface area contributed by atoms with Crippen LogP contribution < -0.4 is 14.9 Å². The normalized spacial score (nSPS) is 9.96. The van der Waals surface area contributed by atoms with Crippen LogP contribution in [0.4, 0.5) is 0 Å². The lowest BCUT2D eigenvalue weighted by Crippen LogP contribution is -2.26. The maximum atomic E-state index is 12.2. The summed E-state index contributed by atoms with van der Waals surface area (Å²) in [4.78, 5) is 12.2.